The number of carbonyl (C=O) groups excluding carboxylic acids is 1. The van der Waals surface area contributed by atoms with Gasteiger partial charge in [0.1, 0.15) is 11.4 Å². The first kappa shape index (κ1) is 11.2. The van der Waals surface area contributed by atoms with E-state index in [4.69, 9.17) is 9.15 Å². The summed E-state index contributed by atoms with van der Waals surface area (Å²) in [7, 11) is 0. The van der Waals surface area contributed by atoms with Crippen LogP contribution in [0.15, 0.2) is 22.6 Å². The van der Waals surface area contributed by atoms with E-state index in [1.54, 1.807) is 6.92 Å². The van der Waals surface area contributed by atoms with Crippen LogP contribution in [0.5, 0.6) is 0 Å². The summed E-state index contributed by atoms with van der Waals surface area (Å²) in [6, 6.07) is 4.26. The number of hydrogen-bond donors (Lipinski definition) is 1. The predicted molar refractivity (Wildman–Crippen MR) is 63.0 cm³/mol. The second kappa shape index (κ2) is 4.10. The Morgan fingerprint density at radius 1 is 1.44 bits per heavy atom. The van der Waals surface area contributed by atoms with Gasteiger partial charge in [-0.3, -0.25) is 4.79 Å². The molecule has 5 heteroatoms. The Labute approximate surface area is 103 Å². The lowest BCUT2D eigenvalue weighted by molar-refractivity contribution is -0.00388. The van der Waals surface area contributed by atoms with Crippen LogP contribution < -0.4 is 5.32 Å². The van der Waals surface area contributed by atoms with Crippen molar-refractivity contribution in [3.63, 3.8) is 0 Å². The molecule has 0 bridgehead atoms. The molecular weight excluding hydrogens is 237 g/mol. The second-order valence-corrected chi connectivity index (χ2v) is 4.40. The molecule has 1 amide bonds. The molecule has 4 nitrogen and oxygen atoms in total. The Kier molecular flexibility index (Phi) is 2.56. The number of amides is 1. The third-order valence-electron chi connectivity index (χ3n) is 3.08. The lowest BCUT2D eigenvalue weighted by Crippen LogP contribution is -2.48. The monoisotopic (exact) mass is 249 g/mol. The third kappa shape index (κ3) is 1.76. The minimum Gasteiger partial charge on any atom is -0.451 e. The van der Waals surface area contributed by atoms with Crippen molar-refractivity contribution < 1.29 is 18.3 Å². The fraction of sp³-hybridized carbons (Fsp3) is 0.308. The number of halogens is 1. The molecule has 1 aromatic heterocycles. The molecular formula is C13H12FNO3. The van der Waals surface area contributed by atoms with E-state index < -0.39 is 0 Å². The van der Waals surface area contributed by atoms with Gasteiger partial charge in [0.15, 0.2) is 5.76 Å². The first-order valence-corrected chi connectivity index (χ1v) is 5.72. The summed E-state index contributed by atoms with van der Waals surface area (Å²) in [4.78, 5) is 12.0. The number of hydrogen-bond acceptors (Lipinski definition) is 3. The Balaban J connectivity index is 1.95. The molecule has 0 atom stereocenters. The highest BCUT2D eigenvalue weighted by Gasteiger charge is 2.24. The van der Waals surface area contributed by atoms with Gasteiger partial charge >= 0.3 is 0 Å². The zero-order chi connectivity index (χ0) is 12.7. The molecule has 0 radical (unpaired) electrons. The van der Waals surface area contributed by atoms with Crippen molar-refractivity contribution >= 4 is 16.9 Å². The molecule has 3 rings (SSSR count). The molecule has 1 saturated heterocycles. The summed E-state index contributed by atoms with van der Waals surface area (Å²) in [6.45, 7) is 2.80. The van der Waals surface area contributed by atoms with E-state index in [0.29, 0.717) is 29.7 Å². The van der Waals surface area contributed by atoms with Gasteiger partial charge in [-0.05, 0) is 25.1 Å². The maximum atomic E-state index is 13.1. The van der Waals surface area contributed by atoms with Crippen LogP contribution in [0, 0.1) is 12.7 Å². The SMILES string of the molecule is Cc1c(C(=O)NC2COC2)oc2ccc(F)cc12. The number of aryl methyl sites for hydroxylation is 1. The fourth-order valence-electron chi connectivity index (χ4n) is 1.98. The Morgan fingerprint density at radius 2 is 2.22 bits per heavy atom. The quantitative estimate of drug-likeness (QED) is 0.885. The van der Waals surface area contributed by atoms with Gasteiger partial charge < -0.3 is 14.5 Å². The summed E-state index contributed by atoms with van der Waals surface area (Å²) >= 11 is 0. The van der Waals surface area contributed by atoms with Crippen LogP contribution in [0.1, 0.15) is 16.1 Å². The van der Waals surface area contributed by atoms with Crippen molar-refractivity contribution in [1.82, 2.24) is 5.32 Å². The summed E-state index contributed by atoms with van der Waals surface area (Å²) in [5.41, 5.74) is 1.17. The first-order chi connectivity index (χ1) is 8.65. The fourth-order valence-corrected chi connectivity index (χ4v) is 1.98. The normalized spacial score (nSPS) is 15.7. The van der Waals surface area contributed by atoms with Gasteiger partial charge in [-0.2, -0.15) is 0 Å². The first-order valence-electron chi connectivity index (χ1n) is 5.72. The maximum absolute atomic E-state index is 13.1. The minimum atomic E-state index is -0.342. The Morgan fingerprint density at radius 3 is 2.89 bits per heavy atom. The van der Waals surface area contributed by atoms with Crippen molar-refractivity contribution in [3.8, 4) is 0 Å². The summed E-state index contributed by atoms with van der Waals surface area (Å²) in [5, 5.41) is 3.43. The van der Waals surface area contributed by atoms with Crippen LogP contribution in [-0.4, -0.2) is 25.2 Å². The number of carbonyl (C=O) groups is 1. The topological polar surface area (TPSA) is 51.5 Å². The van der Waals surface area contributed by atoms with E-state index in [1.165, 1.54) is 18.2 Å². The zero-order valence-electron chi connectivity index (χ0n) is 9.83. The second-order valence-electron chi connectivity index (χ2n) is 4.40. The summed E-state index contributed by atoms with van der Waals surface area (Å²) in [6.07, 6.45) is 0. The number of fused-ring (bicyclic) bond motifs is 1. The molecule has 1 aromatic carbocycles. The van der Waals surface area contributed by atoms with Crippen LogP contribution in [0.2, 0.25) is 0 Å². The van der Waals surface area contributed by atoms with Gasteiger partial charge in [-0.1, -0.05) is 0 Å². The van der Waals surface area contributed by atoms with E-state index in [0.717, 1.165) is 0 Å². The third-order valence-corrected chi connectivity index (χ3v) is 3.08. The number of benzene rings is 1. The van der Waals surface area contributed by atoms with Gasteiger partial charge in [-0.25, -0.2) is 4.39 Å². The van der Waals surface area contributed by atoms with Crippen LogP contribution in [0.4, 0.5) is 4.39 Å². The molecule has 18 heavy (non-hydrogen) atoms. The van der Waals surface area contributed by atoms with Crippen molar-refractivity contribution in [3.05, 3.63) is 35.3 Å². The highest BCUT2D eigenvalue weighted by molar-refractivity contribution is 5.99. The number of furan rings is 1. The smallest absolute Gasteiger partial charge is 0.287 e. The molecule has 94 valence electrons. The molecule has 0 saturated carbocycles. The molecule has 0 aliphatic carbocycles. The van der Waals surface area contributed by atoms with Crippen LogP contribution >= 0.6 is 0 Å². The summed E-state index contributed by atoms with van der Waals surface area (Å²) < 4.78 is 23.6. The average molecular weight is 249 g/mol. The number of nitrogens with one attached hydrogen (secondary N) is 1. The number of ether oxygens (including phenoxy) is 1. The van der Waals surface area contributed by atoms with E-state index >= 15 is 0 Å². The largest absolute Gasteiger partial charge is 0.451 e. The van der Waals surface area contributed by atoms with E-state index in [-0.39, 0.29) is 23.5 Å². The highest BCUT2D eigenvalue weighted by Crippen LogP contribution is 2.26. The average Bonchev–Trinajstić information content (AvgIpc) is 2.61. The molecule has 1 aliphatic rings. The highest BCUT2D eigenvalue weighted by atomic mass is 19.1. The standard InChI is InChI=1S/C13H12FNO3/c1-7-10-4-8(14)2-3-11(10)18-12(7)13(16)15-9-5-17-6-9/h2-4,9H,5-6H2,1H3,(H,15,16). The van der Waals surface area contributed by atoms with Crippen LogP contribution in [-0.2, 0) is 4.74 Å². The van der Waals surface area contributed by atoms with Crippen molar-refractivity contribution in [2.75, 3.05) is 13.2 Å². The van der Waals surface area contributed by atoms with Crippen molar-refractivity contribution in [2.24, 2.45) is 0 Å². The number of rotatable bonds is 2. The lowest BCUT2D eigenvalue weighted by Gasteiger charge is -2.26. The Hall–Kier alpha value is -1.88. The summed E-state index contributed by atoms with van der Waals surface area (Å²) in [5.74, 6) is -0.384. The van der Waals surface area contributed by atoms with Gasteiger partial charge in [0.2, 0.25) is 0 Å². The van der Waals surface area contributed by atoms with Gasteiger partial charge in [0.25, 0.3) is 5.91 Å². The van der Waals surface area contributed by atoms with Gasteiger partial charge in [0, 0.05) is 10.9 Å². The van der Waals surface area contributed by atoms with Crippen molar-refractivity contribution in [2.45, 2.75) is 13.0 Å². The van der Waals surface area contributed by atoms with Crippen molar-refractivity contribution in [1.29, 1.82) is 0 Å². The molecule has 0 unspecified atom stereocenters. The lowest BCUT2D eigenvalue weighted by atomic mass is 10.1. The van der Waals surface area contributed by atoms with E-state index in [1.807, 2.05) is 0 Å². The zero-order valence-corrected chi connectivity index (χ0v) is 9.83. The molecule has 1 N–H and O–H groups in total. The molecule has 2 aromatic rings. The Bertz CT molecular complexity index is 616. The molecule has 0 spiro atoms. The molecule has 1 fully saturated rings. The molecule has 2 heterocycles. The van der Waals surface area contributed by atoms with Crippen LogP contribution in [0.3, 0.4) is 0 Å². The molecule has 1 aliphatic heterocycles. The minimum absolute atomic E-state index is 0.0434. The van der Waals surface area contributed by atoms with E-state index in [2.05, 4.69) is 5.32 Å². The van der Waals surface area contributed by atoms with Gasteiger partial charge in [-0.15, -0.1) is 0 Å². The van der Waals surface area contributed by atoms with Gasteiger partial charge in [0.05, 0.1) is 19.3 Å². The predicted octanol–water partition coefficient (Wildman–Crippen LogP) is 2.01. The van der Waals surface area contributed by atoms with E-state index in [9.17, 15) is 9.18 Å². The van der Waals surface area contributed by atoms with Crippen LogP contribution in [0.25, 0.3) is 11.0 Å². The maximum Gasteiger partial charge on any atom is 0.287 e.